The number of nitrogens with two attached hydrogens (primary N) is 1. The maximum absolute atomic E-state index is 12.3. The molecule has 1 amide bonds. The van der Waals surface area contributed by atoms with Gasteiger partial charge in [-0.1, -0.05) is 39.8 Å². The number of nitrogens with zero attached hydrogens (tertiary/aromatic N) is 2. The predicted octanol–water partition coefficient (Wildman–Crippen LogP) is 3.86. The Morgan fingerprint density at radius 3 is 2.44 bits per heavy atom. The van der Waals surface area contributed by atoms with Crippen molar-refractivity contribution in [2.75, 3.05) is 18.9 Å². The van der Waals surface area contributed by atoms with Crippen LogP contribution in [0.2, 0.25) is 18.1 Å². The molecule has 2 rings (SSSR count). The molecule has 0 saturated heterocycles. The van der Waals surface area contributed by atoms with Crippen LogP contribution in [0.3, 0.4) is 0 Å². The molecule has 25 heavy (non-hydrogen) atoms. The molecule has 0 saturated carbocycles. The minimum Gasteiger partial charge on any atom is -0.415 e. The smallest absolute Gasteiger partial charge is 0.243 e. The van der Waals surface area contributed by atoms with Gasteiger partial charge in [0, 0.05) is 18.0 Å². The Kier molecular flexibility index (Phi) is 5.74. The molecule has 0 spiro atoms. The number of anilines is 1. The number of hydrogen-bond acceptors (Lipinski definition) is 4. The average Bonchev–Trinajstić information content (AvgIpc) is 2.49. The van der Waals surface area contributed by atoms with Crippen LogP contribution in [0.1, 0.15) is 39.7 Å². The summed E-state index contributed by atoms with van der Waals surface area (Å²) in [6.45, 7) is 14.1. The van der Waals surface area contributed by atoms with Crippen molar-refractivity contribution in [2.45, 2.75) is 52.2 Å². The number of benzene rings is 1. The molecule has 2 N–H and O–H groups in total. The van der Waals surface area contributed by atoms with Gasteiger partial charge in [-0.2, -0.15) is 5.10 Å². The van der Waals surface area contributed by atoms with E-state index in [1.165, 1.54) is 0 Å². The highest BCUT2D eigenvalue weighted by Crippen LogP contribution is 2.36. The zero-order chi connectivity index (χ0) is 18.8. The Hall–Kier alpha value is -1.66. The molecule has 6 heteroatoms. The number of hydrazone groups is 1. The molecule has 1 aliphatic heterocycles. The van der Waals surface area contributed by atoms with E-state index >= 15 is 0 Å². The van der Waals surface area contributed by atoms with Gasteiger partial charge in [0.05, 0.1) is 18.9 Å². The summed E-state index contributed by atoms with van der Waals surface area (Å²) in [6.07, 6.45) is 0.475. The molecule has 0 aromatic heterocycles. The normalized spacial score (nSPS) is 19.1. The lowest BCUT2D eigenvalue weighted by molar-refractivity contribution is -0.132. The van der Waals surface area contributed by atoms with Crippen molar-refractivity contribution in [3.05, 3.63) is 29.8 Å². The van der Waals surface area contributed by atoms with E-state index in [0.29, 0.717) is 19.6 Å². The SMILES string of the molecule is CC1CC(=O)N(CCO[Si](C)(C)C(C)(C)C)N=C1c1ccc(N)cc1. The summed E-state index contributed by atoms with van der Waals surface area (Å²) < 4.78 is 6.19. The van der Waals surface area contributed by atoms with Gasteiger partial charge in [-0.25, -0.2) is 5.01 Å². The van der Waals surface area contributed by atoms with Gasteiger partial charge in [-0.05, 0) is 35.8 Å². The Morgan fingerprint density at radius 1 is 1.28 bits per heavy atom. The molecule has 0 radical (unpaired) electrons. The molecule has 1 aromatic rings. The molecule has 1 heterocycles. The lowest BCUT2D eigenvalue weighted by Gasteiger charge is -2.37. The number of hydrogen-bond donors (Lipinski definition) is 1. The first-order valence-electron chi connectivity index (χ1n) is 8.90. The monoisotopic (exact) mass is 361 g/mol. The van der Waals surface area contributed by atoms with E-state index in [1.807, 2.05) is 31.2 Å². The minimum atomic E-state index is -1.81. The van der Waals surface area contributed by atoms with Crippen molar-refractivity contribution in [2.24, 2.45) is 11.0 Å². The third-order valence-corrected chi connectivity index (χ3v) is 9.78. The molecule has 1 aromatic carbocycles. The van der Waals surface area contributed by atoms with E-state index in [-0.39, 0.29) is 16.9 Å². The topological polar surface area (TPSA) is 67.9 Å². The van der Waals surface area contributed by atoms with Crippen LogP contribution in [0.25, 0.3) is 0 Å². The summed E-state index contributed by atoms with van der Waals surface area (Å²) in [7, 11) is -1.81. The molecular formula is C19H31N3O2Si. The number of amides is 1. The third-order valence-electron chi connectivity index (χ3n) is 5.24. The van der Waals surface area contributed by atoms with Gasteiger partial charge in [0.15, 0.2) is 8.32 Å². The molecule has 0 bridgehead atoms. The van der Waals surface area contributed by atoms with Crippen molar-refractivity contribution < 1.29 is 9.22 Å². The maximum Gasteiger partial charge on any atom is 0.243 e. The van der Waals surface area contributed by atoms with E-state index in [9.17, 15) is 4.79 Å². The van der Waals surface area contributed by atoms with Crippen LogP contribution >= 0.6 is 0 Å². The molecular weight excluding hydrogens is 330 g/mol. The van der Waals surface area contributed by atoms with Gasteiger partial charge >= 0.3 is 0 Å². The zero-order valence-electron chi connectivity index (χ0n) is 16.3. The number of rotatable bonds is 5. The van der Waals surface area contributed by atoms with Crippen molar-refractivity contribution in [3.63, 3.8) is 0 Å². The third kappa shape index (κ3) is 4.70. The highest BCUT2D eigenvalue weighted by Gasteiger charge is 2.37. The maximum atomic E-state index is 12.3. The first kappa shape index (κ1) is 19.7. The summed E-state index contributed by atoms with van der Waals surface area (Å²) in [4.78, 5) is 12.3. The fourth-order valence-electron chi connectivity index (χ4n) is 2.52. The second-order valence-electron chi connectivity index (χ2n) is 8.34. The Morgan fingerprint density at radius 2 is 1.88 bits per heavy atom. The zero-order valence-corrected chi connectivity index (χ0v) is 17.3. The standard InChI is InChI=1S/C19H31N3O2Si/c1-14-13-17(23)22(11-12-24-25(5,6)19(2,3)4)21-18(14)15-7-9-16(20)10-8-15/h7-10,14H,11-13,20H2,1-6H3. The number of carbonyl (C=O) groups is 1. The van der Waals surface area contributed by atoms with Crippen molar-refractivity contribution in [1.82, 2.24) is 5.01 Å². The van der Waals surface area contributed by atoms with Crippen LogP contribution in [-0.2, 0) is 9.22 Å². The highest BCUT2D eigenvalue weighted by molar-refractivity contribution is 6.74. The minimum absolute atomic E-state index is 0.0607. The van der Waals surface area contributed by atoms with E-state index in [2.05, 4.69) is 39.0 Å². The summed E-state index contributed by atoms with van der Waals surface area (Å²) in [5.74, 6) is 0.166. The van der Waals surface area contributed by atoms with Gasteiger partial charge in [0.2, 0.25) is 5.91 Å². The van der Waals surface area contributed by atoms with Crippen molar-refractivity contribution in [1.29, 1.82) is 0 Å². The summed E-state index contributed by atoms with van der Waals surface area (Å²) in [5.41, 5.74) is 8.45. The van der Waals surface area contributed by atoms with E-state index in [0.717, 1.165) is 17.0 Å². The second-order valence-corrected chi connectivity index (χ2v) is 13.1. The first-order valence-corrected chi connectivity index (χ1v) is 11.8. The van der Waals surface area contributed by atoms with Crippen molar-refractivity contribution in [3.8, 4) is 0 Å². The molecule has 1 aliphatic rings. The van der Waals surface area contributed by atoms with Crippen LogP contribution in [0.15, 0.2) is 29.4 Å². The summed E-state index contributed by atoms with van der Waals surface area (Å²) in [5, 5.41) is 6.35. The Bertz CT molecular complexity index is 648. The van der Waals surface area contributed by atoms with Crippen LogP contribution < -0.4 is 5.73 Å². The molecule has 1 atom stereocenters. The number of carbonyl (C=O) groups excluding carboxylic acids is 1. The van der Waals surface area contributed by atoms with Gasteiger partial charge < -0.3 is 10.2 Å². The molecule has 5 nitrogen and oxygen atoms in total. The lowest BCUT2D eigenvalue weighted by atomic mass is 9.93. The number of nitrogen functional groups attached to an aromatic ring is 1. The fourth-order valence-corrected chi connectivity index (χ4v) is 3.56. The predicted molar refractivity (Wildman–Crippen MR) is 106 cm³/mol. The largest absolute Gasteiger partial charge is 0.415 e. The Balaban J connectivity index is 2.09. The van der Waals surface area contributed by atoms with Gasteiger partial charge in [0.25, 0.3) is 0 Å². The van der Waals surface area contributed by atoms with E-state index < -0.39 is 8.32 Å². The highest BCUT2D eigenvalue weighted by atomic mass is 28.4. The van der Waals surface area contributed by atoms with E-state index in [1.54, 1.807) is 5.01 Å². The van der Waals surface area contributed by atoms with Gasteiger partial charge in [-0.3, -0.25) is 4.79 Å². The quantitative estimate of drug-likeness (QED) is 0.639. The molecule has 0 aliphatic carbocycles. The van der Waals surface area contributed by atoms with Crippen LogP contribution in [-0.4, -0.2) is 38.1 Å². The van der Waals surface area contributed by atoms with Gasteiger partial charge in [0.1, 0.15) is 0 Å². The van der Waals surface area contributed by atoms with Crippen LogP contribution in [0.5, 0.6) is 0 Å². The Labute approximate surface area is 152 Å². The average molecular weight is 362 g/mol. The van der Waals surface area contributed by atoms with Crippen molar-refractivity contribution >= 4 is 25.6 Å². The van der Waals surface area contributed by atoms with E-state index in [4.69, 9.17) is 10.2 Å². The van der Waals surface area contributed by atoms with Crippen LogP contribution in [0.4, 0.5) is 5.69 Å². The van der Waals surface area contributed by atoms with Crippen LogP contribution in [0, 0.1) is 5.92 Å². The van der Waals surface area contributed by atoms with Gasteiger partial charge in [-0.15, -0.1) is 0 Å². The summed E-state index contributed by atoms with van der Waals surface area (Å²) >= 11 is 0. The molecule has 0 fully saturated rings. The first-order chi connectivity index (χ1) is 11.5. The molecule has 1 unspecified atom stereocenters. The molecule has 138 valence electrons. The second kappa shape index (κ2) is 7.29. The summed E-state index contributed by atoms with van der Waals surface area (Å²) in [6, 6.07) is 7.66. The lowest BCUT2D eigenvalue weighted by Crippen LogP contribution is -2.44. The fraction of sp³-hybridized carbons (Fsp3) is 0.579.